The lowest BCUT2D eigenvalue weighted by Crippen LogP contribution is -2.45. The van der Waals surface area contributed by atoms with Crippen LogP contribution in [0.2, 0.25) is 0 Å². The van der Waals surface area contributed by atoms with Crippen LogP contribution in [0.15, 0.2) is 4.99 Å². The molecule has 1 amide bonds. The lowest BCUT2D eigenvalue weighted by atomic mass is 10.2. The van der Waals surface area contributed by atoms with Gasteiger partial charge < -0.3 is 15.5 Å². The quantitative estimate of drug-likeness (QED) is 0.524. The smallest absolute Gasteiger partial charge is 0.243 e. The Kier molecular flexibility index (Phi) is 6.44. The molecule has 1 aliphatic heterocycles. The molecule has 21 heavy (non-hydrogen) atoms. The van der Waals surface area contributed by atoms with Gasteiger partial charge in [0.25, 0.3) is 0 Å². The molecule has 1 fully saturated rings. The number of hydrogen-bond acceptors (Lipinski definition) is 4. The predicted octanol–water partition coefficient (Wildman–Crippen LogP) is -0.547. The fourth-order valence-electron chi connectivity index (χ4n) is 1.84. The largest absolute Gasteiger partial charge is 0.356 e. The molecular formula is C13H26N4O3S. The highest BCUT2D eigenvalue weighted by molar-refractivity contribution is 7.91. The second-order valence-electron chi connectivity index (χ2n) is 5.97. The molecule has 1 rings (SSSR count). The minimum atomic E-state index is -2.94. The number of aliphatic imine (C=N–C) groups is 1. The van der Waals surface area contributed by atoms with Crippen LogP contribution in [0.5, 0.6) is 0 Å². The van der Waals surface area contributed by atoms with Crippen LogP contribution >= 0.6 is 0 Å². The molecule has 0 aromatic rings. The maximum Gasteiger partial charge on any atom is 0.243 e. The predicted molar refractivity (Wildman–Crippen MR) is 84.0 cm³/mol. The SMILES string of the molecule is CC(C)CNC(=NCC(=O)N(C)C)NC1CCS(=O)(=O)C1. The van der Waals surface area contributed by atoms with Crippen molar-refractivity contribution in [3.63, 3.8) is 0 Å². The number of likely N-dealkylation sites (N-methyl/N-ethyl adjacent to an activating group) is 1. The van der Waals surface area contributed by atoms with E-state index in [1.807, 2.05) is 0 Å². The fourth-order valence-corrected chi connectivity index (χ4v) is 3.52. The average molecular weight is 318 g/mol. The second kappa shape index (κ2) is 7.63. The molecule has 0 aliphatic carbocycles. The number of rotatable bonds is 5. The lowest BCUT2D eigenvalue weighted by molar-refractivity contribution is -0.127. The zero-order chi connectivity index (χ0) is 16.0. The zero-order valence-corrected chi connectivity index (χ0v) is 14.0. The normalized spacial score (nSPS) is 21.4. The van der Waals surface area contributed by atoms with Gasteiger partial charge in [-0.3, -0.25) is 4.79 Å². The summed E-state index contributed by atoms with van der Waals surface area (Å²) in [6.45, 7) is 4.88. The molecular weight excluding hydrogens is 292 g/mol. The van der Waals surface area contributed by atoms with E-state index in [9.17, 15) is 13.2 Å². The standard InChI is InChI=1S/C13H26N4O3S/c1-10(2)7-14-13(15-8-12(18)17(3)4)16-11-5-6-21(19,20)9-11/h10-11H,5-9H2,1-4H3,(H2,14,15,16). The van der Waals surface area contributed by atoms with Crippen LogP contribution in [0.3, 0.4) is 0 Å². The van der Waals surface area contributed by atoms with Crippen LogP contribution in [-0.4, -0.2) is 69.9 Å². The highest BCUT2D eigenvalue weighted by atomic mass is 32.2. The Morgan fingerprint density at radius 3 is 2.52 bits per heavy atom. The summed E-state index contributed by atoms with van der Waals surface area (Å²) >= 11 is 0. The number of hydrogen-bond donors (Lipinski definition) is 2. The molecule has 1 aliphatic rings. The number of amides is 1. The van der Waals surface area contributed by atoms with Gasteiger partial charge in [-0.2, -0.15) is 0 Å². The number of nitrogens with one attached hydrogen (secondary N) is 2. The van der Waals surface area contributed by atoms with Crippen molar-refractivity contribution in [2.75, 3.05) is 38.7 Å². The van der Waals surface area contributed by atoms with E-state index in [1.165, 1.54) is 4.90 Å². The van der Waals surface area contributed by atoms with Crippen LogP contribution in [0.25, 0.3) is 0 Å². The van der Waals surface area contributed by atoms with Crippen molar-refractivity contribution < 1.29 is 13.2 Å². The Hall–Kier alpha value is -1.31. The van der Waals surface area contributed by atoms with Gasteiger partial charge in [0.15, 0.2) is 15.8 Å². The molecule has 2 N–H and O–H groups in total. The second-order valence-corrected chi connectivity index (χ2v) is 8.20. The average Bonchev–Trinajstić information content (AvgIpc) is 2.71. The number of carbonyl (C=O) groups excluding carboxylic acids is 1. The van der Waals surface area contributed by atoms with Crippen molar-refractivity contribution in [3.05, 3.63) is 0 Å². The van der Waals surface area contributed by atoms with Crippen LogP contribution in [0, 0.1) is 5.92 Å². The Morgan fingerprint density at radius 1 is 1.38 bits per heavy atom. The molecule has 7 nitrogen and oxygen atoms in total. The van der Waals surface area contributed by atoms with Gasteiger partial charge in [0.2, 0.25) is 5.91 Å². The van der Waals surface area contributed by atoms with E-state index in [0.29, 0.717) is 24.8 Å². The first-order valence-corrected chi connectivity index (χ1v) is 8.97. The third-order valence-corrected chi connectivity index (χ3v) is 4.89. The maximum atomic E-state index is 11.6. The van der Waals surface area contributed by atoms with Crippen molar-refractivity contribution in [2.24, 2.45) is 10.9 Å². The summed E-state index contributed by atoms with van der Waals surface area (Å²) in [5.74, 6) is 1.16. The van der Waals surface area contributed by atoms with Gasteiger partial charge >= 0.3 is 0 Å². The molecule has 1 saturated heterocycles. The summed E-state index contributed by atoms with van der Waals surface area (Å²) in [6.07, 6.45) is 0.576. The number of nitrogens with zero attached hydrogens (tertiary/aromatic N) is 2. The topological polar surface area (TPSA) is 90.9 Å². The monoisotopic (exact) mass is 318 g/mol. The van der Waals surface area contributed by atoms with E-state index in [4.69, 9.17) is 0 Å². The fraction of sp³-hybridized carbons (Fsp3) is 0.846. The minimum absolute atomic E-state index is 0.0416. The van der Waals surface area contributed by atoms with Crippen molar-refractivity contribution in [3.8, 4) is 0 Å². The molecule has 0 radical (unpaired) electrons. The first-order chi connectivity index (χ1) is 9.69. The first-order valence-electron chi connectivity index (χ1n) is 7.15. The molecule has 0 saturated carbocycles. The Labute approximate surface area is 127 Å². The summed E-state index contributed by atoms with van der Waals surface area (Å²) in [5, 5.41) is 6.25. The van der Waals surface area contributed by atoms with Gasteiger partial charge in [-0.05, 0) is 12.3 Å². The molecule has 122 valence electrons. The lowest BCUT2D eigenvalue weighted by Gasteiger charge is -2.18. The third kappa shape index (κ3) is 6.79. The highest BCUT2D eigenvalue weighted by Crippen LogP contribution is 2.10. The maximum absolute atomic E-state index is 11.6. The van der Waals surface area contributed by atoms with Gasteiger partial charge in [0, 0.05) is 26.7 Å². The van der Waals surface area contributed by atoms with Gasteiger partial charge in [-0.1, -0.05) is 13.8 Å². The van der Waals surface area contributed by atoms with E-state index >= 15 is 0 Å². The van der Waals surface area contributed by atoms with Gasteiger partial charge in [0.1, 0.15) is 6.54 Å². The van der Waals surface area contributed by atoms with E-state index in [-0.39, 0.29) is 30.0 Å². The number of sulfone groups is 1. The van der Waals surface area contributed by atoms with Gasteiger partial charge in [0.05, 0.1) is 11.5 Å². The molecule has 0 bridgehead atoms. The summed E-state index contributed by atoms with van der Waals surface area (Å²) in [4.78, 5) is 17.3. The van der Waals surface area contributed by atoms with Crippen LogP contribution in [-0.2, 0) is 14.6 Å². The molecule has 1 unspecified atom stereocenters. The highest BCUT2D eigenvalue weighted by Gasteiger charge is 2.28. The van der Waals surface area contributed by atoms with Crippen molar-refractivity contribution >= 4 is 21.7 Å². The third-order valence-electron chi connectivity index (χ3n) is 3.12. The molecule has 1 heterocycles. The molecule has 1 atom stereocenters. The number of carbonyl (C=O) groups is 1. The van der Waals surface area contributed by atoms with Crippen LogP contribution < -0.4 is 10.6 Å². The number of guanidine groups is 1. The molecule has 8 heteroatoms. The summed E-state index contributed by atoms with van der Waals surface area (Å²) in [7, 11) is 0.416. The Bertz CT molecular complexity index is 486. The van der Waals surface area contributed by atoms with Crippen molar-refractivity contribution in [1.82, 2.24) is 15.5 Å². The van der Waals surface area contributed by atoms with Crippen molar-refractivity contribution in [2.45, 2.75) is 26.3 Å². The molecule has 0 aromatic heterocycles. The minimum Gasteiger partial charge on any atom is -0.356 e. The Balaban J connectivity index is 2.63. The Morgan fingerprint density at radius 2 is 2.05 bits per heavy atom. The first kappa shape index (κ1) is 17.7. The zero-order valence-electron chi connectivity index (χ0n) is 13.2. The van der Waals surface area contributed by atoms with Crippen LogP contribution in [0.4, 0.5) is 0 Å². The van der Waals surface area contributed by atoms with E-state index in [1.54, 1.807) is 14.1 Å². The van der Waals surface area contributed by atoms with Gasteiger partial charge in [-0.25, -0.2) is 13.4 Å². The van der Waals surface area contributed by atoms with Crippen LogP contribution in [0.1, 0.15) is 20.3 Å². The molecule has 0 spiro atoms. The van der Waals surface area contributed by atoms with E-state index in [2.05, 4.69) is 29.5 Å². The summed E-state index contributed by atoms with van der Waals surface area (Å²) in [6, 6.07) is -0.136. The van der Waals surface area contributed by atoms with E-state index in [0.717, 1.165) is 0 Å². The van der Waals surface area contributed by atoms with Gasteiger partial charge in [-0.15, -0.1) is 0 Å². The molecule has 0 aromatic carbocycles. The van der Waals surface area contributed by atoms with Crippen molar-refractivity contribution in [1.29, 1.82) is 0 Å². The van der Waals surface area contributed by atoms with E-state index < -0.39 is 9.84 Å². The summed E-state index contributed by atoms with van der Waals surface area (Å²) < 4.78 is 23.0. The summed E-state index contributed by atoms with van der Waals surface area (Å²) in [5.41, 5.74) is 0.